The minimum atomic E-state index is -0.191. The smallest absolute Gasteiger partial charge is 0.252 e. The molecule has 0 fully saturated rings. The van der Waals surface area contributed by atoms with Crippen molar-refractivity contribution in [1.29, 1.82) is 0 Å². The fraction of sp³-hybridized carbons (Fsp3) is 0.364. The van der Waals surface area contributed by atoms with Gasteiger partial charge in [0.2, 0.25) is 0 Å². The quantitative estimate of drug-likeness (QED) is 0.873. The number of carbonyl (C=O) groups excluding carboxylic acids is 1. The van der Waals surface area contributed by atoms with E-state index < -0.39 is 0 Å². The third kappa shape index (κ3) is 3.67. The minimum Gasteiger partial charge on any atom is -0.350 e. The number of likely N-dealkylation sites (N-methyl/N-ethyl adjacent to an activating group) is 1. The first-order valence-corrected chi connectivity index (χ1v) is 5.70. The molecule has 2 N–H and O–H groups in total. The lowest BCUT2D eigenvalue weighted by Gasteiger charge is -2.12. The van der Waals surface area contributed by atoms with Crippen molar-refractivity contribution < 1.29 is 4.79 Å². The summed E-state index contributed by atoms with van der Waals surface area (Å²) in [5.41, 5.74) is 0.439. The van der Waals surface area contributed by atoms with Crippen molar-refractivity contribution in [3.05, 3.63) is 33.8 Å². The fourth-order valence-electron chi connectivity index (χ4n) is 1.12. The molecule has 1 aromatic carbocycles. The summed E-state index contributed by atoms with van der Waals surface area (Å²) >= 11 is 11.7. The van der Waals surface area contributed by atoms with Gasteiger partial charge in [0, 0.05) is 17.6 Å². The lowest BCUT2D eigenvalue weighted by Crippen LogP contribution is -2.37. The summed E-state index contributed by atoms with van der Waals surface area (Å²) in [6.45, 7) is 2.53. The molecule has 1 atom stereocenters. The zero-order chi connectivity index (χ0) is 12.1. The van der Waals surface area contributed by atoms with Crippen molar-refractivity contribution in [3.8, 4) is 0 Å². The maximum Gasteiger partial charge on any atom is 0.252 e. The highest BCUT2D eigenvalue weighted by atomic mass is 35.5. The van der Waals surface area contributed by atoms with Gasteiger partial charge >= 0.3 is 0 Å². The number of halogens is 2. The van der Waals surface area contributed by atoms with E-state index >= 15 is 0 Å². The Morgan fingerprint density at radius 2 is 2.12 bits per heavy atom. The van der Waals surface area contributed by atoms with Gasteiger partial charge in [0.1, 0.15) is 0 Å². The van der Waals surface area contributed by atoms with Gasteiger partial charge in [-0.2, -0.15) is 0 Å². The molecule has 88 valence electrons. The summed E-state index contributed by atoms with van der Waals surface area (Å²) in [5, 5.41) is 6.69. The van der Waals surface area contributed by atoms with E-state index in [9.17, 15) is 4.79 Å². The molecule has 1 rings (SSSR count). The number of rotatable bonds is 4. The van der Waals surface area contributed by atoms with E-state index in [4.69, 9.17) is 23.2 Å². The molecular weight excluding hydrogens is 247 g/mol. The van der Waals surface area contributed by atoms with Crippen molar-refractivity contribution in [2.75, 3.05) is 13.6 Å². The molecule has 0 radical (unpaired) electrons. The molecule has 0 saturated heterocycles. The molecule has 0 aromatic heterocycles. The largest absolute Gasteiger partial charge is 0.350 e. The van der Waals surface area contributed by atoms with Crippen molar-refractivity contribution in [1.82, 2.24) is 10.6 Å². The van der Waals surface area contributed by atoms with E-state index in [1.807, 2.05) is 14.0 Å². The summed E-state index contributed by atoms with van der Waals surface area (Å²) in [7, 11) is 1.84. The SMILES string of the molecule is CNC(C)CNC(=O)c1ccc(Cl)cc1Cl. The predicted molar refractivity (Wildman–Crippen MR) is 67.3 cm³/mol. The molecule has 3 nitrogen and oxygen atoms in total. The van der Waals surface area contributed by atoms with Crippen LogP contribution in [0.5, 0.6) is 0 Å². The summed E-state index contributed by atoms with van der Waals surface area (Å²) in [6, 6.07) is 5.03. The molecular formula is C11H14Cl2N2O. The lowest BCUT2D eigenvalue weighted by molar-refractivity contribution is 0.0950. The normalized spacial score (nSPS) is 12.2. The van der Waals surface area contributed by atoms with Gasteiger partial charge in [0.25, 0.3) is 5.91 Å². The van der Waals surface area contributed by atoms with E-state index in [1.165, 1.54) is 0 Å². The fourth-order valence-corrected chi connectivity index (χ4v) is 1.61. The lowest BCUT2D eigenvalue weighted by atomic mass is 10.2. The Labute approximate surface area is 105 Å². The van der Waals surface area contributed by atoms with E-state index in [0.29, 0.717) is 22.2 Å². The standard InChI is InChI=1S/C11H14Cl2N2O/c1-7(14-2)6-15-11(16)9-4-3-8(12)5-10(9)13/h3-5,7,14H,6H2,1-2H3,(H,15,16). The van der Waals surface area contributed by atoms with Crippen molar-refractivity contribution in [3.63, 3.8) is 0 Å². The molecule has 0 saturated carbocycles. The summed E-state index contributed by atoms with van der Waals surface area (Å²) in [6.07, 6.45) is 0. The van der Waals surface area contributed by atoms with Crippen molar-refractivity contribution >= 4 is 29.1 Å². The number of carbonyl (C=O) groups is 1. The van der Waals surface area contributed by atoms with Crippen LogP contribution in [0.15, 0.2) is 18.2 Å². The average Bonchev–Trinajstić information content (AvgIpc) is 2.25. The molecule has 1 amide bonds. The first-order valence-electron chi connectivity index (χ1n) is 4.95. The average molecular weight is 261 g/mol. The highest BCUT2D eigenvalue weighted by molar-refractivity contribution is 6.36. The number of amides is 1. The van der Waals surface area contributed by atoms with Gasteiger partial charge in [0.05, 0.1) is 10.6 Å². The Bertz CT molecular complexity index is 382. The molecule has 0 aliphatic rings. The minimum absolute atomic E-state index is 0.191. The third-order valence-electron chi connectivity index (χ3n) is 2.24. The molecule has 1 unspecified atom stereocenters. The van der Waals surface area contributed by atoms with Gasteiger partial charge in [-0.25, -0.2) is 0 Å². The van der Waals surface area contributed by atoms with E-state index in [1.54, 1.807) is 18.2 Å². The Hall–Kier alpha value is -0.770. The molecule has 1 aromatic rings. The van der Waals surface area contributed by atoms with Crippen molar-refractivity contribution in [2.45, 2.75) is 13.0 Å². The third-order valence-corrected chi connectivity index (χ3v) is 2.79. The summed E-state index contributed by atoms with van der Waals surface area (Å²) in [4.78, 5) is 11.7. The van der Waals surface area contributed by atoms with E-state index in [-0.39, 0.29) is 11.9 Å². The predicted octanol–water partition coefficient (Wildman–Crippen LogP) is 2.33. The number of hydrogen-bond acceptors (Lipinski definition) is 2. The molecule has 0 spiro atoms. The highest BCUT2D eigenvalue weighted by Gasteiger charge is 2.10. The van der Waals surface area contributed by atoms with E-state index in [0.717, 1.165) is 0 Å². The van der Waals surface area contributed by atoms with Crippen LogP contribution in [0.25, 0.3) is 0 Å². The molecule has 5 heteroatoms. The van der Waals surface area contributed by atoms with Crippen LogP contribution in [0.3, 0.4) is 0 Å². The molecule has 0 aliphatic heterocycles. The maximum atomic E-state index is 11.7. The second kappa shape index (κ2) is 6.09. The van der Waals surface area contributed by atoms with Crippen LogP contribution in [0.2, 0.25) is 10.0 Å². The zero-order valence-corrected chi connectivity index (χ0v) is 10.7. The van der Waals surface area contributed by atoms with Crippen LogP contribution < -0.4 is 10.6 Å². The monoisotopic (exact) mass is 260 g/mol. The Kier molecular flexibility index (Phi) is 5.06. The van der Waals surface area contributed by atoms with Gasteiger partial charge in [-0.05, 0) is 32.2 Å². The molecule has 16 heavy (non-hydrogen) atoms. The van der Waals surface area contributed by atoms with Gasteiger partial charge < -0.3 is 10.6 Å². The first-order chi connectivity index (χ1) is 7.54. The Morgan fingerprint density at radius 1 is 1.44 bits per heavy atom. The Balaban J connectivity index is 2.66. The summed E-state index contributed by atoms with van der Waals surface area (Å²) < 4.78 is 0. The maximum absolute atomic E-state index is 11.7. The summed E-state index contributed by atoms with van der Waals surface area (Å²) in [5.74, 6) is -0.191. The number of benzene rings is 1. The van der Waals surface area contributed by atoms with E-state index in [2.05, 4.69) is 10.6 Å². The Morgan fingerprint density at radius 3 is 2.69 bits per heavy atom. The van der Waals surface area contributed by atoms with Crippen LogP contribution >= 0.6 is 23.2 Å². The first kappa shape index (κ1) is 13.3. The van der Waals surface area contributed by atoms with Gasteiger partial charge in [0.15, 0.2) is 0 Å². The van der Waals surface area contributed by atoms with Crippen LogP contribution in [-0.4, -0.2) is 25.5 Å². The zero-order valence-electron chi connectivity index (χ0n) is 9.18. The molecule has 0 aliphatic carbocycles. The second-order valence-corrected chi connectivity index (χ2v) is 4.37. The topological polar surface area (TPSA) is 41.1 Å². The van der Waals surface area contributed by atoms with Gasteiger partial charge in [-0.3, -0.25) is 4.79 Å². The number of nitrogens with one attached hydrogen (secondary N) is 2. The second-order valence-electron chi connectivity index (χ2n) is 3.52. The highest BCUT2D eigenvalue weighted by Crippen LogP contribution is 2.20. The van der Waals surface area contributed by atoms with Gasteiger partial charge in [-0.15, -0.1) is 0 Å². The number of hydrogen-bond donors (Lipinski definition) is 2. The van der Waals surface area contributed by atoms with Crippen LogP contribution in [0.4, 0.5) is 0 Å². The molecule has 0 heterocycles. The van der Waals surface area contributed by atoms with Crippen LogP contribution in [0.1, 0.15) is 17.3 Å². The van der Waals surface area contributed by atoms with Gasteiger partial charge in [-0.1, -0.05) is 23.2 Å². The van der Waals surface area contributed by atoms with Crippen LogP contribution in [-0.2, 0) is 0 Å². The van der Waals surface area contributed by atoms with Crippen molar-refractivity contribution in [2.24, 2.45) is 0 Å². The molecule has 0 bridgehead atoms. The van der Waals surface area contributed by atoms with Crippen LogP contribution in [0, 0.1) is 0 Å².